The Labute approximate surface area is 186 Å². The van der Waals surface area contributed by atoms with E-state index in [4.69, 9.17) is 25.7 Å². The maximum Gasteiger partial charge on any atom is 0.321 e. The van der Waals surface area contributed by atoms with Crippen LogP contribution in [-0.4, -0.2) is 54.1 Å². The third kappa shape index (κ3) is 5.18. The first-order chi connectivity index (χ1) is 15.0. The van der Waals surface area contributed by atoms with Crippen LogP contribution < -0.4 is 10.1 Å². The Kier molecular flexibility index (Phi) is 6.44. The van der Waals surface area contributed by atoms with Gasteiger partial charge < -0.3 is 19.4 Å². The minimum absolute atomic E-state index is 0.0959. The number of hydrogen-bond donors (Lipinski definition) is 1. The molecule has 8 heteroatoms. The normalized spacial score (nSPS) is 14.5. The van der Waals surface area contributed by atoms with Crippen LogP contribution >= 0.6 is 11.6 Å². The van der Waals surface area contributed by atoms with E-state index in [1.165, 1.54) is 0 Å². The monoisotopic (exact) mass is 440 g/mol. The molecular weight excluding hydrogens is 416 g/mol. The van der Waals surface area contributed by atoms with Crippen LogP contribution in [0.4, 0.5) is 10.5 Å². The Morgan fingerprint density at radius 3 is 2.42 bits per heavy atom. The third-order valence-corrected chi connectivity index (χ3v) is 5.61. The molecule has 1 N–H and O–H groups in total. The van der Waals surface area contributed by atoms with E-state index in [0.29, 0.717) is 30.5 Å². The molecule has 162 valence electrons. The third-order valence-electron chi connectivity index (χ3n) is 5.36. The zero-order valence-electron chi connectivity index (χ0n) is 17.6. The molecule has 1 aromatic heterocycles. The molecule has 7 nitrogen and oxygen atoms in total. The Balaban J connectivity index is 1.32. The molecule has 2 heterocycles. The van der Waals surface area contributed by atoms with Crippen molar-refractivity contribution in [3.8, 4) is 17.2 Å². The van der Waals surface area contributed by atoms with Gasteiger partial charge in [0.2, 0.25) is 5.89 Å². The Bertz CT molecular complexity index is 1030. The number of aryl methyl sites for hydroxylation is 1. The SMILES string of the molecule is COc1ccc(-c2nc(CN3CCN(C(=O)Nc4ccc(Cl)cc4)CC3)c(C)o2)cc1. The number of amides is 2. The molecule has 0 bridgehead atoms. The van der Waals surface area contributed by atoms with Crippen molar-refractivity contribution in [1.82, 2.24) is 14.8 Å². The summed E-state index contributed by atoms with van der Waals surface area (Å²) in [7, 11) is 1.64. The Hall–Kier alpha value is -3.03. The minimum atomic E-state index is -0.0959. The molecule has 0 radical (unpaired) electrons. The second kappa shape index (κ2) is 9.41. The number of urea groups is 1. The van der Waals surface area contributed by atoms with Crippen LogP contribution in [0.3, 0.4) is 0 Å². The van der Waals surface area contributed by atoms with Crippen molar-refractivity contribution < 1.29 is 13.9 Å². The van der Waals surface area contributed by atoms with Gasteiger partial charge in [0.05, 0.1) is 12.8 Å². The highest BCUT2D eigenvalue weighted by Crippen LogP contribution is 2.25. The zero-order chi connectivity index (χ0) is 21.8. The zero-order valence-corrected chi connectivity index (χ0v) is 18.4. The fourth-order valence-electron chi connectivity index (χ4n) is 3.49. The van der Waals surface area contributed by atoms with Crippen molar-refractivity contribution in [1.29, 1.82) is 0 Å². The average Bonchev–Trinajstić information content (AvgIpc) is 3.16. The van der Waals surface area contributed by atoms with Crippen molar-refractivity contribution >= 4 is 23.3 Å². The quantitative estimate of drug-likeness (QED) is 0.624. The van der Waals surface area contributed by atoms with Crippen molar-refractivity contribution in [2.75, 3.05) is 38.6 Å². The number of halogens is 1. The van der Waals surface area contributed by atoms with E-state index < -0.39 is 0 Å². The number of nitrogens with zero attached hydrogens (tertiary/aromatic N) is 3. The first-order valence-electron chi connectivity index (χ1n) is 10.2. The molecule has 0 atom stereocenters. The highest BCUT2D eigenvalue weighted by atomic mass is 35.5. The largest absolute Gasteiger partial charge is 0.497 e. The van der Waals surface area contributed by atoms with Gasteiger partial charge in [-0.15, -0.1) is 0 Å². The number of piperazine rings is 1. The molecule has 0 spiro atoms. The van der Waals surface area contributed by atoms with Crippen molar-refractivity contribution in [2.24, 2.45) is 0 Å². The number of ether oxygens (including phenoxy) is 1. The van der Waals surface area contributed by atoms with Gasteiger partial charge in [-0.2, -0.15) is 0 Å². The van der Waals surface area contributed by atoms with Gasteiger partial charge in [-0.1, -0.05) is 11.6 Å². The Morgan fingerprint density at radius 2 is 1.77 bits per heavy atom. The number of methoxy groups -OCH3 is 1. The standard InChI is InChI=1S/C23H25ClN4O3/c1-16-21(26-22(31-16)17-3-9-20(30-2)10-4-17)15-27-11-13-28(14-12-27)23(29)25-19-7-5-18(24)6-8-19/h3-10H,11-15H2,1-2H3,(H,25,29). The van der Waals surface area contributed by atoms with Crippen molar-refractivity contribution in [3.63, 3.8) is 0 Å². The molecule has 2 aromatic carbocycles. The maximum absolute atomic E-state index is 12.5. The van der Waals surface area contributed by atoms with Gasteiger partial charge in [-0.05, 0) is 55.5 Å². The van der Waals surface area contributed by atoms with Gasteiger partial charge in [-0.25, -0.2) is 9.78 Å². The number of nitrogens with one attached hydrogen (secondary N) is 1. The second-order valence-corrected chi connectivity index (χ2v) is 7.89. The summed E-state index contributed by atoms with van der Waals surface area (Å²) in [5, 5.41) is 3.56. The molecule has 1 saturated heterocycles. The summed E-state index contributed by atoms with van der Waals surface area (Å²) in [5.41, 5.74) is 2.57. The fourth-order valence-corrected chi connectivity index (χ4v) is 3.61. The summed E-state index contributed by atoms with van der Waals surface area (Å²) < 4.78 is 11.1. The molecule has 0 unspecified atom stereocenters. The average molecular weight is 441 g/mol. The fraction of sp³-hybridized carbons (Fsp3) is 0.304. The van der Waals surface area contributed by atoms with Gasteiger partial charge in [-0.3, -0.25) is 4.90 Å². The van der Waals surface area contributed by atoms with Gasteiger partial charge in [0, 0.05) is 49.0 Å². The number of aromatic nitrogens is 1. The van der Waals surface area contributed by atoms with E-state index >= 15 is 0 Å². The lowest BCUT2D eigenvalue weighted by atomic mass is 10.2. The Morgan fingerprint density at radius 1 is 1.10 bits per heavy atom. The van der Waals surface area contributed by atoms with E-state index in [2.05, 4.69) is 10.2 Å². The highest BCUT2D eigenvalue weighted by Gasteiger charge is 2.23. The molecule has 2 amide bonds. The number of rotatable bonds is 5. The minimum Gasteiger partial charge on any atom is -0.497 e. The summed E-state index contributed by atoms with van der Waals surface area (Å²) in [5.74, 6) is 2.22. The number of oxazole rings is 1. The molecule has 31 heavy (non-hydrogen) atoms. The van der Waals surface area contributed by atoms with Crippen LogP contribution in [0.2, 0.25) is 5.02 Å². The summed E-state index contributed by atoms with van der Waals surface area (Å²) in [6.45, 7) is 5.49. The first kappa shape index (κ1) is 21.2. The van der Waals surface area contributed by atoms with Gasteiger partial charge >= 0.3 is 6.03 Å². The van der Waals surface area contributed by atoms with E-state index in [9.17, 15) is 4.79 Å². The molecule has 1 aliphatic rings. The molecule has 3 aromatic rings. The lowest BCUT2D eigenvalue weighted by Gasteiger charge is -2.34. The van der Waals surface area contributed by atoms with Gasteiger partial charge in [0.25, 0.3) is 0 Å². The van der Waals surface area contributed by atoms with Crippen LogP contribution in [-0.2, 0) is 6.54 Å². The highest BCUT2D eigenvalue weighted by molar-refractivity contribution is 6.30. The van der Waals surface area contributed by atoms with E-state index in [0.717, 1.165) is 41.5 Å². The number of anilines is 1. The number of hydrogen-bond acceptors (Lipinski definition) is 5. The lowest BCUT2D eigenvalue weighted by Crippen LogP contribution is -2.49. The predicted octanol–water partition coefficient (Wildman–Crippen LogP) is 4.66. The summed E-state index contributed by atoms with van der Waals surface area (Å²) in [4.78, 5) is 21.3. The molecule has 1 fully saturated rings. The van der Waals surface area contributed by atoms with Crippen LogP contribution in [0.1, 0.15) is 11.5 Å². The maximum atomic E-state index is 12.5. The molecule has 4 rings (SSSR count). The lowest BCUT2D eigenvalue weighted by molar-refractivity contribution is 0.141. The summed E-state index contributed by atoms with van der Waals surface area (Å²) in [6.07, 6.45) is 0. The number of benzene rings is 2. The van der Waals surface area contributed by atoms with Crippen molar-refractivity contribution in [3.05, 3.63) is 65.0 Å². The number of carbonyl (C=O) groups is 1. The van der Waals surface area contributed by atoms with Gasteiger partial charge in [0.1, 0.15) is 11.5 Å². The second-order valence-electron chi connectivity index (χ2n) is 7.45. The summed E-state index contributed by atoms with van der Waals surface area (Å²) >= 11 is 5.89. The number of carbonyl (C=O) groups excluding carboxylic acids is 1. The molecule has 0 aliphatic carbocycles. The molecule has 1 aliphatic heterocycles. The van der Waals surface area contributed by atoms with Crippen LogP contribution in [0.15, 0.2) is 52.9 Å². The molecule has 0 saturated carbocycles. The van der Waals surface area contributed by atoms with E-state index in [1.54, 1.807) is 31.4 Å². The first-order valence-corrected chi connectivity index (χ1v) is 10.5. The molecular formula is C23H25ClN4O3. The van der Waals surface area contributed by atoms with Crippen LogP contribution in [0.5, 0.6) is 5.75 Å². The van der Waals surface area contributed by atoms with Crippen LogP contribution in [0, 0.1) is 6.92 Å². The predicted molar refractivity (Wildman–Crippen MR) is 121 cm³/mol. The van der Waals surface area contributed by atoms with Gasteiger partial charge in [0.15, 0.2) is 0 Å². The van der Waals surface area contributed by atoms with E-state index in [1.807, 2.05) is 36.1 Å². The smallest absolute Gasteiger partial charge is 0.321 e. The summed E-state index contributed by atoms with van der Waals surface area (Å²) in [6, 6.07) is 14.7. The van der Waals surface area contributed by atoms with Crippen LogP contribution in [0.25, 0.3) is 11.5 Å². The topological polar surface area (TPSA) is 70.8 Å². The van der Waals surface area contributed by atoms with Crippen molar-refractivity contribution in [2.45, 2.75) is 13.5 Å². The van der Waals surface area contributed by atoms with E-state index in [-0.39, 0.29) is 6.03 Å².